The third-order valence-corrected chi connectivity index (χ3v) is 3.69. The Hall–Kier alpha value is -1.78. The van der Waals surface area contributed by atoms with Crippen LogP contribution in [-0.4, -0.2) is 24.2 Å². The van der Waals surface area contributed by atoms with Crippen LogP contribution in [0.4, 0.5) is 0 Å². The van der Waals surface area contributed by atoms with Crippen molar-refractivity contribution in [3.63, 3.8) is 0 Å². The molecule has 0 saturated carbocycles. The van der Waals surface area contributed by atoms with E-state index >= 15 is 0 Å². The van der Waals surface area contributed by atoms with Gasteiger partial charge >= 0.3 is 5.97 Å². The number of halogens is 1. The molecule has 0 aliphatic carbocycles. The Balaban J connectivity index is 1.66. The molecule has 0 unspecified atom stereocenters. The number of H-pyrrole nitrogens is 1. The zero-order valence-electron chi connectivity index (χ0n) is 13.3. The van der Waals surface area contributed by atoms with Crippen molar-refractivity contribution in [1.82, 2.24) is 4.98 Å². The molecule has 0 aliphatic rings. The van der Waals surface area contributed by atoms with E-state index in [4.69, 9.17) is 21.1 Å². The summed E-state index contributed by atoms with van der Waals surface area (Å²) >= 11 is 5.93. The quantitative estimate of drug-likeness (QED) is 0.546. The average Bonchev–Trinajstić information content (AvgIpc) is 2.99. The van der Waals surface area contributed by atoms with Crippen molar-refractivity contribution in [2.45, 2.75) is 32.8 Å². The Labute approximate surface area is 141 Å². The molecule has 1 aromatic heterocycles. The Morgan fingerprint density at radius 1 is 1.26 bits per heavy atom. The lowest BCUT2D eigenvalue weighted by Crippen LogP contribution is -2.07. The summed E-state index contributed by atoms with van der Waals surface area (Å²) in [5, 5.41) is 0.726. The van der Waals surface area contributed by atoms with E-state index in [-0.39, 0.29) is 5.97 Å². The number of aryl methyl sites for hydroxylation is 1. The van der Waals surface area contributed by atoms with Gasteiger partial charge in [-0.2, -0.15) is 0 Å². The SMILES string of the molecule is CCOC(=O)c1cc[nH]c1CCCCOCc1cccc(Cl)c1. The number of aromatic nitrogens is 1. The van der Waals surface area contributed by atoms with Crippen LogP contribution < -0.4 is 0 Å². The predicted octanol–water partition coefficient (Wildman–Crippen LogP) is 4.38. The molecule has 0 spiro atoms. The standard InChI is InChI=1S/C18H22ClNO3/c1-2-23-18(21)16-9-10-20-17(16)8-3-4-11-22-13-14-6-5-7-15(19)12-14/h5-7,9-10,12,20H,2-4,8,11,13H2,1H3. The van der Waals surface area contributed by atoms with Crippen LogP contribution in [0.2, 0.25) is 5.02 Å². The van der Waals surface area contributed by atoms with E-state index < -0.39 is 0 Å². The van der Waals surface area contributed by atoms with E-state index in [1.165, 1.54) is 0 Å². The van der Waals surface area contributed by atoms with E-state index in [1.54, 1.807) is 12.3 Å². The third-order valence-electron chi connectivity index (χ3n) is 3.45. The molecule has 2 aromatic rings. The zero-order chi connectivity index (χ0) is 16.5. The molecule has 0 saturated heterocycles. The first-order chi connectivity index (χ1) is 11.2. The highest BCUT2D eigenvalue weighted by molar-refractivity contribution is 6.30. The van der Waals surface area contributed by atoms with E-state index in [0.717, 1.165) is 35.5 Å². The summed E-state index contributed by atoms with van der Waals surface area (Å²) in [6.07, 6.45) is 4.46. The minimum atomic E-state index is -0.263. The summed E-state index contributed by atoms with van der Waals surface area (Å²) in [4.78, 5) is 14.9. The maximum atomic E-state index is 11.8. The molecule has 4 nitrogen and oxygen atoms in total. The van der Waals surface area contributed by atoms with Crippen LogP contribution in [0.25, 0.3) is 0 Å². The number of rotatable bonds is 9. The van der Waals surface area contributed by atoms with E-state index in [1.807, 2.05) is 31.2 Å². The van der Waals surface area contributed by atoms with Gasteiger partial charge < -0.3 is 14.5 Å². The lowest BCUT2D eigenvalue weighted by molar-refractivity contribution is 0.0525. The smallest absolute Gasteiger partial charge is 0.339 e. The fourth-order valence-corrected chi connectivity index (χ4v) is 2.55. The molecule has 0 amide bonds. The molecular formula is C18H22ClNO3. The fraction of sp³-hybridized carbons (Fsp3) is 0.389. The molecule has 1 aromatic carbocycles. The number of hydrogen-bond acceptors (Lipinski definition) is 3. The summed E-state index contributed by atoms with van der Waals surface area (Å²) < 4.78 is 10.7. The number of aromatic amines is 1. The first kappa shape index (κ1) is 17.6. The topological polar surface area (TPSA) is 51.3 Å². The number of hydrogen-bond donors (Lipinski definition) is 1. The highest BCUT2D eigenvalue weighted by Crippen LogP contribution is 2.13. The normalized spacial score (nSPS) is 10.7. The lowest BCUT2D eigenvalue weighted by atomic mass is 10.1. The number of carbonyl (C=O) groups excluding carboxylic acids is 1. The number of benzene rings is 1. The van der Waals surface area contributed by atoms with Gasteiger partial charge in [0.15, 0.2) is 0 Å². The van der Waals surface area contributed by atoms with Gasteiger partial charge in [-0.25, -0.2) is 4.79 Å². The molecule has 0 radical (unpaired) electrons. The maximum absolute atomic E-state index is 11.8. The molecule has 124 valence electrons. The van der Waals surface area contributed by atoms with Crippen molar-refractivity contribution in [3.8, 4) is 0 Å². The molecule has 2 rings (SSSR count). The second-order valence-electron chi connectivity index (χ2n) is 5.23. The molecule has 23 heavy (non-hydrogen) atoms. The number of esters is 1. The van der Waals surface area contributed by atoms with Gasteiger partial charge in [0, 0.05) is 23.5 Å². The molecule has 1 heterocycles. The maximum Gasteiger partial charge on any atom is 0.339 e. The van der Waals surface area contributed by atoms with Crippen molar-refractivity contribution in [3.05, 3.63) is 58.4 Å². The van der Waals surface area contributed by atoms with Crippen LogP contribution in [0, 0.1) is 0 Å². The van der Waals surface area contributed by atoms with Gasteiger partial charge in [-0.05, 0) is 49.9 Å². The fourth-order valence-electron chi connectivity index (χ4n) is 2.33. The van der Waals surface area contributed by atoms with Crippen LogP contribution in [0.15, 0.2) is 36.5 Å². The summed E-state index contributed by atoms with van der Waals surface area (Å²) in [6, 6.07) is 9.44. The minimum absolute atomic E-state index is 0.263. The molecule has 1 N–H and O–H groups in total. The Morgan fingerprint density at radius 3 is 2.91 bits per heavy atom. The first-order valence-electron chi connectivity index (χ1n) is 7.86. The van der Waals surface area contributed by atoms with E-state index in [9.17, 15) is 4.79 Å². The van der Waals surface area contributed by atoms with Crippen molar-refractivity contribution < 1.29 is 14.3 Å². The monoisotopic (exact) mass is 335 g/mol. The highest BCUT2D eigenvalue weighted by Gasteiger charge is 2.12. The predicted molar refractivity (Wildman–Crippen MR) is 90.8 cm³/mol. The number of ether oxygens (including phenoxy) is 2. The molecule has 0 fully saturated rings. The number of carbonyl (C=O) groups is 1. The van der Waals surface area contributed by atoms with Gasteiger partial charge in [0.05, 0.1) is 18.8 Å². The molecule has 0 aliphatic heterocycles. The second kappa shape index (κ2) is 9.38. The second-order valence-corrected chi connectivity index (χ2v) is 5.67. The van der Waals surface area contributed by atoms with Gasteiger partial charge in [-0.1, -0.05) is 23.7 Å². The van der Waals surface area contributed by atoms with Crippen LogP contribution in [0.1, 0.15) is 41.4 Å². The molecular weight excluding hydrogens is 314 g/mol. The van der Waals surface area contributed by atoms with Gasteiger partial charge in [-0.3, -0.25) is 0 Å². The zero-order valence-corrected chi connectivity index (χ0v) is 14.1. The number of unbranched alkanes of at least 4 members (excludes halogenated alkanes) is 1. The summed E-state index contributed by atoms with van der Waals surface area (Å²) in [5.41, 5.74) is 2.64. The lowest BCUT2D eigenvalue weighted by Gasteiger charge is -2.06. The van der Waals surface area contributed by atoms with Crippen molar-refractivity contribution in [1.29, 1.82) is 0 Å². The summed E-state index contributed by atoms with van der Waals surface area (Å²) in [5.74, 6) is -0.263. The highest BCUT2D eigenvalue weighted by atomic mass is 35.5. The van der Waals surface area contributed by atoms with Gasteiger partial charge in [0.1, 0.15) is 0 Å². The van der Waals surface area contributed by atoms with Gasteiger partial charge in [0.2, 0.25) is 0 Å². The van der Waals surface area contributed by atoms with Crippen molar-refractivity contribution in [2.75, 3.05) is 13.2 Å². The number of nitrogens with one attached hydrogen (secondary N) is 1. The van der Waals surface area contributed by atoms with Crippen LogP contribution in [0.5, 0.6) is 0 Å². The Bertz CT molecular complexity index is 624. The van der Waals surface area contributed by atoms with Crippen LogP contribution >= 0.6 is 11.6 Å². The summed E-state index contributed by atoms with van der Waals surface area (Å²) in [6.45, 7) is 3.45. The molecule has 5 heteroatoms. The largest absolute Gasteiger partial charge is 0.462 e. The van der Waals surface area contributed by atoms with E-state index in [2.05, 4.69) is 4.98 Å². The van der Waals surface area contributed by atoms with E-state index in [0.29, 0.717) is 25.4 Å². The minimum Gasteiger partial charge on any atom is -0.462 e. The van der Waals surface area contributed by atoms with Crippen LogP contribution in [0.3, 0.4) is 0 Å². The Morgan fingerprint density at radius 2 is 2.13 bits per heavy atom. The molecule has 0 atom stereocenters. The molecule has 0 bridgehead atoms. The Kier molecular flexibility index (Phi) is 7.17. The summed E-state index contributed by atoms with van der Waals surface area (Å²) in [7, 11) is 0. The van der Waals surface area contributed by atoms with Crippen LogP contribution in [-0.2, 0) is 22.5 Å². The van der Waals surface area contributed by atoms with Crippen molar-refractivity contribution in [2.24, 2.45) is 0 Å². The van der Waals surface area contributed by atoms with Crippen molar-refractivity contribution >= 4 is 17.6 Å². The van der Waals surface area contributed by atoms with Gasteiger partial charge in [-0.15, -0.1) is 0 Å². The average molecular weight is 336 g/mol. The van der Waals surface area contributed by atoms with Gasteiger partial charge in [0.25, 0.3) is 0 Å². The first-order valence-corrected chi connectivity index (χ1v) is 8.24. The third kappa shape index (κ3) is 5.73.